The van der Waals surface area contributed by atoms with Gasteiger partial charge in [-0.1, -0.05) is 23.7 Å². The fourth-order valence-corrected chi connectivity index (χ4v) is 2.26. The van der Waals surface area contributed by atoms with E-state index in [-0.39, 0.29) is 6.61 Å². The van der Waals surface area contributed by atoms with Crippen LogP contribution in [-0.4, -0.2) is 30.3 Å². The third-order valence-electron chi connectivity index (χ3n) is 3.07. The summed E-state index contributed by atoms with van der Waals surface area (Å²) < 4.78 is 42.5. The van der Waals surface area contributed by atoms with Crippen molar-refractivity contribution in [3.63, 3.8) is 0 Å². The molecular weight excluding hydrogens is 321 g/mol. The van der Waals surface area contributed by atoms with Crippen molar-refractivity contribution in [3.05, 3.63) is 47.1 Å². The Kier molecular flexibility index (Phi) is 4.67. The lowest BCUT2D eigenvalue weighted by Gasteiger charge is -2.30. The van der Waals surface area contributed by atoms with Gasteiger partial charge in [0.15, 0.2) is 5.54 Å². The highest BCUT2D eigenvalue weighted by atomic mass is 35.5. The SMILES string of the molecule is CCOC(=O)C1(c2ccc(Cl)cc2)C=CN(CC(F)(F)F)N1. The van der Waals surface area contributed by atoms with Crippen molar-refractivity contribution >= 4 is 17.6 Å². The van der Waals surface area contributed by atoms with Crippen LogP contribution < -0.4 is 5.43 Å². The Bertz CT molecular complexity index is 574. The van der Waals surface area contributed by atoms with Gasteiger partial charge in [0.1, 0.15) is 6.54 Å². The standard InChI is InChI=1S/C14H14ClF3N2O2/c1-2-22-12(21)13(10-3-5-11(15)6-4-10)7-8-20(19-13)9-14(16,17)18/h3-8,19H,2,9H2,1H3. The molecule has 0 fully saturated rings. The van der Waals surface area contributed by atoms with E-state index >= 15 is 0 Å². The van der Waals surface area contributed by atoms with E-state index in [1.165, 1.54) is 12.3 Å². The summed E-state index contributed by atoms with van der Waals surface area (Å²) in [5.41, 5.74) is 1.51. The van der Waals surface area contributed by atoms with Gasteiger partial charge < -0.3 is 9.75 Å². The lowest BCUT2D eigenvalue weighted by molar-refractivity contribution is -0.158. The zero-order valence-electron chi connectivity index (χ0n) is 11.7. The molecule has 0 radical (unpaired) electrons. The normalized spacial score (nSPS) is 21.2. The maximum atomic E-state index is 12.5. The van der Waals surface area contributed by atoms with Crippen LogP contribution >= 0.6 is 11.6 Å². The molecule has 1 aliphatic rings. The van der Waals surface area contributed by atoms with Gasteiger partial charge >= 0.3 is 12.1 Å². The Labute approximate surface area is 130 Å². The molecule has 8 heteroatoms. The van der Waals surface area contributed by atoms with Crippen molar-refractivity contribution in [2.45, 2.75) is 18.6 Å². The molecule has 0 saturated heterocycles. The van der Waals surface area contributed by atoms with Gasteiger partial charge in [-0.05, 0) is 30.7 Å². The molecule has 22 heavy (non-hydrogen) atoms. The van der Waals surface area contributed by atoms with E-state index in [1.807, 2.05) is 0 Å². The maximum Gasteiger partial charge on any atom is 0.407 e. The van der Waals surface area contributed by atoms with Gasteiger partial charge in [-0.15, -0.1) is 0 Å². The van der Waals surface area contributed by atoms with Crippen LogP contribution in [0.15, 0.2) is 36.5 Å². The van der Waals surface area contributed by atoms with E-state index in [1.54, 1.807) is 31.2 Å². The van der Waals surface area contributed by atoms with Gasteiger partial charge in [0, 0.05) is 11.2 Å². The highest BCUT2D eigenvalue weighted by Gasteiger charge is 2.45. The summed E-state index contributed by atoms with van der Waals surface area (Å²) in [4.78, 5) is 12.3. The first-order valence-electron chi connectivity index (χ1n) is 6.50. The summed E-state index contributed by atoms with van der Waals surface area (Å²) >= 11 is 5.81. The minimum Gasteiger partial charge on any atom is -0.464 e. The van der Waals surface area contributed by atoms with Crippen LogP contribution in [0.2, 0.25) is 5.02 Å². The first-order chi connectivity index (χ1) is 10.3. The van der Waals surface area contributed by atoms with E-state index in [0.717, 1.165) is 5.01 Å². The third kappa shape index (κ3) is 3.53. The first kappa shape index (κ1) is 16.6. The molecule has 1 atom stereocenters. The number of hydrazine groups is 1. The Morgan fingerprint density at radius 2 is 2.00 bits per heavy atom. The summed E-state index contributed by atoms with van der Waals surface area (Å²) in [5.74, 6) is -0.682. The summed E-state index contributed by atoms with van der Waals surface area (Å²) in [6.07, 6.45) is -1.87. The number of hydrogen-bond donors (Lipinski definition) is 1. The van der Waals surface area contributed by atoms with Gasteiger partial charge in [0.2, 0.25) is 0 Å². The largest absolute Gasteiger partial charge is 0.464 e. The molecule has 1 unspecified atom stereocenters. The number of rotatable bonds is 4. The monoisotopic (exact) mass is 334 g/mol. The fourth-order valence-electron chi connectivity index (χ4n) is 2.14. The average Bonchev–Trinajstić information content (AvgIpc) is 2.83. The van der Waals surface area contributed by atoms with Gasteiger partial charge in [0.05, 0.1) is 6.61 Å². The van der Waals surface area contributed by atoms with Crippen molar-refractivity contribution < 1.29 is 22.7 Å². The molecule has 120 valence electrons. The average molecular weight is 335 g/mol. The molecule has 1 heterocycles. The van der Waals surface area contributed by atoms with Crippen LogP contribution in [0.1, 0.15) is 12.5 Å². The number of ether oxygens (including phenoxy) is 1. The second-order valence-corrected chi connectivity index (χ2v) is 5.14. The van der Waals surface area contributed by atoms with Crippen LogP contribution in [0.5, 0.6) is 0 Å². The van der Waals surface area contributed by atoms with E-state index < -0.39 is 24.2 Å². The van der Waals surface area contributed by atoms with Crippen molar-refractivity contribution in [2.75, 3.05) is 13.2 Å². The Morgan fingerprint density at radius 1 is 1.36 bits per heavy atom. The summed E-state index contributed by atoms with van der Waals surface area (Å²) in [7, 11) is 0. The second kappa shape index (κ2) is 6.18. The number of carbonyl (C=O) groups excluding carboxylic acids is 1. The van der Waals surface area contributed by atoms with Crippen molar-refractivity contribution in [1.29, 1.82) is 0 Å². The molecule has 1 aliphatic heterocycles. The van der Waals surface area contributed by atoms with E-state index in [4.69, 9.17) is 16.3 Å². The number of nitrogens with one attached hydrogen (secondary N) is 1. The number of carbonyl (C=O) groups is 1. The lowest BCUT2D eigenvalue weighted by atomic mass is 9.91. The van der Waals surface area contributed by atoms with Gasteiger partial charge in [-0.2, -0.15) is 13.2 Å². The van der Waals surface area contributed by atoms with Crippen LogP contribution in [0, 0.1) is 0 Å². The van der Waals surface area contributed by atoms with E-state index in [0.29, 0.717) is 10.6 Å². The zero-order valence-corrected chi connectivity index (χ0v) is 12.4. The molecule has 0 aromatic heterocycles. The Morgan fingerprint density at radius 3 is 2.55 bits per heavy atom. The summed E-state index contributed by atoms with van der Waals surface area (Å²) in [6, 6.07) is 6.24. The highest BCUT2D eigenvalue weighted by molar-refractivity contribution is 6.30. The molecule has 2 rings (SSSR count). The Balaban J connectivity index is 2.32. The van der Waals surface area contributed by atoms with Crippen LogP contribution in [0.4, 0.5) is 13.2 Å². The molecular formula is C14H14ClF3N2O2. The molecule has 0 aliphatic carbocycles. The van der Waals surface area contributed by atoms with Crippen LogP contribution in [0.25, 0.3) is 0 Å². The Hall–Kier alpha value is -1.73. The van der Waals surface area contributed by atoms with Gasteiger partial charge in [-0.3, -0.25) is 0 Å². The molecule has 1 N–H and O–H groups in total. The van der Waals surface area contributed by atoms with Crippen LogP contribution in [0.3, 0.4) is 0 Å². The summed E-state index contributed by atoms with van der Waals surface area (Å²) in [5, 5.41) is 1.27. The smallest absolute Gasteiger partial charge is 0.407 e. The summed E-state index contributed by atoms with van der Waals surface area (Å²) in [6.45, 7) is 0.515. The number of nitrogens with zero attached hydrogens (tertiary/aromatic N) is 1. The molecule has 0 amide bonds. The first-order valence-corrected chi connectivity index (χ1v) is 6.88. The fraction of sp³-hybridized carbons (Fsp3) is 0.357. The van der Waals surface area contributed by atoms with Gasteiger partial charge in [-0.25, -0.2) is 10.2 Å². The molecule has 0 spiro atoms. The molecule has 0 saturated carbocycles. The predicted molar refractivity (Wildman–Crippen MR) is 74.8 cm³/mol. The topological polar surface area (TPSA) is 41.6 Å². The van der Waals surface area contributed by atoms with E-state index in [9.17, 15) is 18.0 Å². The number of alkyl halides is 3. The zero-order chi connectivity index (χ0) is 16.4. The van der Waals surface area contributed by atoms with Crippen molar-refractivity contribution in [2.24, 2.45) is 0 Å². The minimum absolute atomic E-state index is 0.114. The van der Waals surface area contributed by atoms with Crippen molar-refractivity contribution in [3.8, 4) is 0 Å². The molecule has 4 nitrogen and oxygen atoms in total. The predicted octanol–water partition coefficient (Wildman–Crippen LogP) is 2.99. The molecule has 1 aromatic rings. The quantitative estimate of drug-likeness (QED) is 0.860. The highest BCUT2D eigenvalue weighted by Crippen LogP contribution is 2.31. The number of hydrogen-bond acceptors (Lipinski definition) is 4. The maximum absolute atomic E-state index is 12.5. The third-order valence-corrected chi connectivity index (χ3v) is 3.32. The number of benzene rings is 1. The molecule has 0 bridgehead atoms. The molecule has 1 aromatic carbocycles. The lowest BCUT2D eigenvalue weighted by Crippen LogP contribution is -2.52. The van der Waals surface area contributed by atoms with Crippen molar-refractivity contribution in [1.82, 2.24) is 10.4 Å². The number of halogens is 4. The minimum atomic E-state index is -4.40. The van der Waals surface area contributed by atoms with Gasteiger partial charge in [0.25, 0.3) is 0 Å². The second-order valence-electron chi connectivity index (χ2n) is 4.71. The van der Waals surface area contributed by atoms with Crippen LogP contribution in [-0.2, 0) is 15.1 Å². The van der Waals surface area contributed by atoms with E-state index in [2.05, 4.69) is 5.43 Å². The number of esters is 1.